The lowest BCUT2D eigenvalue weighted by Crippen LogP contribution is -1.99. The second-order valence-electron chi connectivity index (χ2n) is 7.00. The molecule has 0 aliphatic carbocycles. The molecule has 0 bridgehead atoms. The van der Waals surface area contributed by atoms with E-state index in [0.29, 0.717) is 0 Å². The van der Waals surface area contributed by atoms with Crippen molar-refractivity contribution in [1.82, 2.24) is 4.98 Å². The molecule has 3 nitrogen and oxygen atoms in total. The average molecular weight is 391 g/mol. The summed E-state index contributed by atoms with van der Waals surface area (Å²) in [6.45, 7) is 0.728. The van der Waals surface area contributed by atoms with Crippen LogP contribution in [0.1, 0.15) is 18.4 Å². The molecule has 144 valence electrons. The summed E-state index contributed by atoms with van der Waals surface area (Å²) in [7, 11) is 1.74. The van der Waals surface area contributed by atoms with Gasteiger partial charge in [-0.05, 0) is 61.2 Å². The van der Waals surface area contributed by atoms with E-state index in [4.69, 9.17) is 10.5 Å². The van der Waals surface area contributed by atoms with Crippen molar-refractivity contribution < 1.29 is 4.74 Å². The second kappa shape index (κ2) is 8.29. The van der Waals surface area contributed by atoms with Crippen LogP contribution in [0.5, 0.6) is 5.75 Å². The summed E-state index contributed by atoms with van der Waals surface area (Å²) in [6.07, 6.45) is 5.21. The van der Waals surface area contributed by atoms with Crippen LogP contribution in [-0.4, -0.2) is 24.9 Å². The molecule has 0 radical (unpaired) electrons. The monoisotopic (exact) mass is 390 g/mol. The van der Waals surface area contributed by atoms with E-state index in [0.717, 1.165) is 42.8 Å². The van der Waals surface area contributed by atoms with E-state index in [1.54, 1.807) is 18.9 Å². The third-order valence-corrected chi connectivity index (χ3v) is 6.09. The van der Waals surface area contributed by atoms with Crippen LogP contribution in [0.2, 0.25) is 0 Å². The lowest BCUT2D eigenvalue weighted by atomic mass is 9.98. The first-order chi connectivity index (χ1) is 13.8. The fourth-order valence-electron chi connectivity index (χ4n) is 3.94. The van der Waals surface area contributed by atoms with Crippen LogP contribution in [0.15, 0.2) is 59.5 Å². The Morgan fingerprint density at radius 2 is 1.86 bits per heavy atom. The van der Waals surface area contributed by atoms with Gasteiger partial charge in [-0.3, -0.25) is 0 Å². The van der Waals surface area contributed by atoms with Gasteiger partial charge in [0.1, 0.15) is 5.75 Å². The largest absolute Gasteiger partial charge is 0.496 e. The minimum absolute atomic E-state index is 0.728. The molecular weight excluding hydrogens is 364 g/mol. The number of hydrogen-bond donors (Lipinski definition) is 2. The van der Waals surface area contributed by atoms with Crippen molar-refractivity contribution in [3.05, 3.63) is 60.2 Å². The lowest BCUT2D eigenvalue weighted by molar-refractivity contribution is 0.416. The molecule has 0 saturated carbocycles. The molecule has 4 heteroatoms. The molecule has 4 rings (SSSR count). The van der Waals surface area contributed by atoms with Crippen LogP contribution in [0, 0.1) is 0 Å². The van der Waals surface area contributed by atoms with Gasteiger partial charge in [-0.2, -0.15) is 0 Å². The smallest absolute Gasteiger partial charge is 0.128 e. The number of thioether (sulfide) groups is 1. The van der Waals surface area contributed by atoms with E-state index in [1.165, 1.54) is 32.1 Å². The zero-order chi connectivity index (χ0) is 19.5. The van der Waals surface area contributed by atoms with Gasteiger partial charge in [0.05, 0.1) is 18.3 Å². The summed E-state index contributed by atoms with van der Waals surface area (Å²) < 4.78 is 5.71. The van der Waals surface area contributed by atoms with Crippen molar-refractivity contribution in [2.75, 3.05) is 19.9 Å². The van der Waals surface area contributed by atoms with E-state index >= 15 is 0 Å². The highest BCUT2D eigenvalue weighted by Crippen LogP contribution is 2.40. The molecule has 0 saturated heterocycles. The predicted octanol–water partition coefficient (Wildman–Crippen LogP) is 6.00. The van der Waals surface area contributed by atoms with E-state index in [-0.39, 0.29) is 0 Å². The van der Waals surface area contributed by atoms with Gasteiger partial charge in [-0.25, -0.2) is 0 Å². The zero-order valence-corrected chi connectivity index (χ0v) is 17.2. The van der Waals surface area contributed by atoms with Gasteiger partial charge in [-0.15, -0.1) is 11.8 Å². The highest BCUT2D eigenvalue weighted by atomic mass is 32.2. The molecule has 1 heterocycles. The summed E-state index contributed by atoms with van der Waals surface area (Å²) in [5.41, 5.74) is 10.6. The molecule has 0 aliphatic heterocycles. The van der Waals surface area contributed by atoms with Crippen LogP contribution >= 0.6 is 11.8 Å². The van der Waals surface area contributed by atoms with Crippen LogP contribution < -0.4 is 10.5 Å². The van der Waals surface area contributed by atoms with Crippen LogP contribution in [0.4, 0.5) is 0 Å². The van der Waals surface area contributed by atoms with E-state index in [9.17, 15) is 0 Å². The van der Waals surface area contributed by atoms with E-state index in [1.807, 2.05) is 0 Å². The minimum atomic E-state index is 0.728. The summed E-state index contributed by atoms with van der Waals surface area (Å²) in [4.78, 5) is 4.98. The fourth-order valence-corrected chi connectivity index (χ4v) is 4.38. The Kier molecular flexibility index (Phi) is 5.60. The van der Waals surface area contributed by atoms with Crippen molar-refractivity contribution in [3.63, 3.8) is 0 Å². The number of H-pyrrole nitrogens is 1. The highest BCUT2D eigenvalue weighted by molar-refractivity contribution is 7.98. The quantitative estimate of drug-likeness (QED) is 0.300. The Hall–Kier alpha value is -2.43. The molecule has 0 unspecified atom stereocenters. The van der Waals surface area contributed by atoms with Crippen molar-refractivity contribution in [3.8, 4) is 17.0 Å². The topological polar surface area (TPSA) is 51.0 Å². The predicted molar refractivity (Wildman–Crippen MR) is 122 cm³/mol. The molecule has 3 N–H and O–H groups in total. The average Bonchev–Trinajstić information content (AvgIpc) is 3.12. The van der Waals surface area contributed by atoms with Gasteiger partial charge in [0, 0.05) is 21.2 Å². The maximum absolute atomic E-state index is 5.76. The lowest BCUT2D eigenvalue weighted by Gasteiger charge is -2.11. The van der Waals surface area contributed by atoms with Crippen LogP contribution in [0.25, 0.3) is 32.9 Å². The molecule has 0 atom stereocenters. The molecule has 4 aromatic rings. The van der Waals surface area contributed by atoms with E-state index in [2.05, 4.69) is 65.8 Å². The third kappa shape index (κ3) is 3.38. The number of rotatable bonds is 7. The first-order valence-corrected chi connectivity index (χ1v) is 10.9. The maximum Gasteiger partial charge on any atom is 0.128 e. The van der Waals surface area contributed by atoms with Crippen LogP contribution in [-0.2, 0) is 6.42 Å². The number of nitrogens with two attached hydrogens (primary N) is 1. The Labute approximate surface area is 170 Å². The third-order valence-electron chi connectivity index (χ3n) is 5.36. The Bertz CT molecular complexity index is 1120. The molecule has 0 aliphatic rings. The number of aryl methyl sites for hydroxylation is 1. The summed E-state index contributed by atoms with van der Waals surface area (Å²) in [5.74, 6) is 0.897. The van der Waals surface area contributed by atoms with Gasteiger partial charge in [-0.1, -0.05) is 36.4 Å². The van der Waals surface area contributed by atoms with Gasteiger partial charge in [0.2, 0.25) is 0 Å². The molecule has 0 spiro atoms. The first kappa shape index (κ1) is 18.9. The normalized spacial score (nSPS) is 11.4. The van der Waals surface area contributed by atoms with Crippen molar-refractivity contribution in [2.24, 2.45) is 5.73 Å². The molecule has 1 aromatic heterocycles. The van der Waals surface area contributed by atoms with Crippen molar-refractivity contribution in [1.29, 1.82) is 0 Å². The number of hydrogen-bond acceptors (Lipinski definition) is 3. The van der Waals surface area contributed by atoms with Gasteiger partial charge >= 0.3 is 0 Å². The number of benzene rings is 3. The molecule has 0 amide bonds. The number of methoxy groups -OCH3 is 1. The zero-order valence-electron chi connectivity index (χ0n) is 16.4. The van der Waals surface area contributed by atoms with Crippen LogP contribution in [0.3, 0.4) is 0 Å². The first-order valence-electron chi connectivity index (χ1n) is 9.71. The number of aromatic amines is 1. The second-order valence-corrected chi connectivity index (χ2v) is 7.88. The number of unbranched alkanes of at least 4 members (excludes halogenated alkanes) is 1. The van der Waals surface area contributed by atoms with Crippen molar-refractivity contribution in [2.45, 2.75) is 24.2 Å². The summed E-state index contributed by atoms with van der Waals surface area (Å²) in [5, 5.41) is 3.80. The summed E-state index contributed by atoms with van der Waals surface area (Å²) >= 11 is 1.75. The molecule has 3 aromatic carbocycles. The van der Waals surface area contributed by atoms with Crippen molar-refractivity contribution >= 4 is 33.4 Å². The van der Waals surface area contributed by atoms with Gasteiger partial charge in [0.15, 0.2) is 0 Å². The molecule has 28 heavy (non-hydrogen) atoms. The maximum atomic E-state index is 5.76. The highest BCUT2D eigenvalue weighted by Gasteiger charge is 2.18. The Morgan fingerprint density at radius 1 is 1.00 bits per heavy atom. The minimum Gasteiger partial charge on any atom is -0.496 e. The Balaban J connectivity index is 1.98. The van der Waals surface area contributed by atoms with Gasteiger partial charge in [0.25, 0.3) is 0 Å². The molecule has 0 fully saturated rings. The number of fused-ring (bicyclic) bond motifs is 3. The van der Waals surface area contributed by atoms with Gasteiger partial charge < -0.3 is 15.5 Å². The number of nitrogens with one attached hydrogen (secondary N) is 1. The Morgan fingerprint density at radius 3 is 2.64 bits per heavy atom. The SMILES string of the molecule is COc1ccc(SC)cc1-c1[nH]c2c(ccc3ccccc32)c1CCCCN. The summed E-state index contributed by atoms with van der Waals surface area (Å²) in [6, 6.07) is 19.4. The standard InChI is InChI=1S/C24H26N2OS/c1-27-22-13-11-17(28-2)15-21(22)24-19(9-5-6-14-25)20-12-10-16-7-3-4-8-18(16)23(20)26-24/h3-4,7-8,10-13,15,26H,5-6,9,14,25H2,1-2H3. The molecular formula is C24H26N2OS. The van der Waals surface area contributed by atoms with E-state index < -0.39 is 0 Å². The fraction of sp³-hybridized carbons (Fsp3) is 0.250. The number of ether oxygens (including phenoxy) is 1. The number of aromatic nitrogens is 1.